The van der Waals surface area contributed by atoms with Gasteiger partial charge in [-0.2, -0.15) is 0 Å². The van der Waals surface area contributed by atoms with E-state index in [4.69, 9.17) is 5.73 Å². The Labute approximate surface area is 134 Å². The molecule has 1 aliphatic rings. The molecule has 0 spiro atoms. The molecular formula is C18H21BrN2. The molecule has 0 aliphatic heterocycles. The fourth-order valence-corrected chi connectivity index (χ4v) is 3.86. The third kappa shape index (κ3) is 3.14. The molecule has 21 heavy (non-hydrogen) atoms. The molecule has 110 valence electrons. The molecule has 0 fully saturated rings. The van der Waals surface area contributed by atoms with Crippen LogP contribution in [0.2, 0.25) is 0 Å². The molecule has 0 saturated carbocycles. The van der Waals surface area contributed by atoms with Gasteiger partial charge in [0.1, 0.15) is 0 Å². The first-order chi connectivity index (χ1) is 10.1. The lowest BCUT2D eigenvalue weighted by molar-refractivity contribution is 0.417. The average molecular weight is 345 g/mol. The molecule has 0 heterocycles. The fourth-order valence-electron chi connectivity index (χ4n) is 3.25. The summed E-state index contributed by atoms with van der Waals surface area (Å²) in [5.74, 6) is 0. The summed E-state index contributed by atoms with van der Waals surface area (Å²) in [6, 6.07) is 15.1. The van der Waals surface area contributed by atoms with Crippen LogP contribution in [0.3, 0.4) is 0 Å². The van der Waals surface area contributed by atoms with Crippen molar-refractivity contribution in [1.29, 1.82) is 0 Å². The van der Waals surface area contributed by atoms with Gasteiger partial charge in [0.2, 0.25) is 0 Å². The van der Waals surface area contributed by atoms with Crippen molar-refractivity contribution in [3.8, 4) is 0 Å². The van der Waals surface area contributed by atoms with E-state index in [1.54, 1.807) is 0 Å². The van der Waals surface area contributed by atoms with E-state index in [2.05, 4.69) is 70.6 Å². The lowest BCUT2D eigenvalue weighted by Gasteiger charge is -2.39. The van der Waals surface area contributed by atoms with E-state index >= 15 is 0 Å². The van der Waals surface area contributed by atoms with Crippen molar-refractivity contribution in [3.63, 3.8) is 0 Å². The van der Waals surface area contributed by atoms with Crippen molar-refractivity contribution in [1.82, 2.24) is 0 Å². The molecule has 3 N–H and O–H groups in total. The lowest BCUT2D eigenvalue weighted by atomic mass is 9.77. The first-order valence-corrected chi connectivity index (χ1v) is 8.22. The Kier molecular flexibility index (Phi) is 4.05. The summed E-state index contributed by atoms with van der Waals surface area (Å²) < 4.78 is 1.10. The Hall–Kier alpha value is -1.32. The highest BCUT2D eigenvalue weighted by molar-refractivity contribution is 9.10. The second-order valence-corrected chi connectivity index (χ2v) is 6.99. The summed E-state index contributed by atoms with van der Waals surface area (Å²) in [7, 11) is 0. The third-order valence-electron chi connectivity index (χ3n) is 4.36. The number of hydrogen-bond donors (Lipinski definition) is 2. The number of benzene rings is 2. The Balaban J connectivity index is 1.88. The van der Waals surface area contributed by atoms with E-state index in [0.717, 1.165) is 29.4 Å². The number of rotatable bonds is 3. The maximum Gasteiger partial charge on any atom is 0.0539 e. The minimum absolute atomic E-state index is 0.0401. The summed E-state index contributed by atoms with van der Waals surface area (Å²) in [5.41, 5.74) is 11.4. The number of aryl methyl sites for hydroxylation is 2. The highest BCUT2D eigenvalue weighted by atomic mass is 79.9. The normalized spacial score (nSPS) is 20.9. The highest BCUT2D eigenvalue weighted by Gasteiger charge is 2.33. The topological polar surface area (TPSA) is 38.0 Å². The number of fused-ring (bicyclic) bond motifs is 1. The highest BCUT2D eigenvalue weighted by Crippen LogP contribution is 2.32. The van der Waals surface area contributed by atoms with E-state index in [0.29, 0.717) is 6.54 Å². The summed E-state index contributed by atoms with van der Waals surface area (Å²) in [4.78, 5) is 0. The summed E-state index contributed by atoms with van der Waals surface area (Å²) in [5, 5.41) is 3.71. The van der Waals surface area contributed by atoms with E-state index in [1.165, 1.54) is 16.7 Å². The SMILES string of the molecule is Cc1cc(Br)cc(NC2(CN)CCc3ccccc3C2)c1. The molecule has 0 amide bonds. The van der Waals surface area contributed by atoms with Gasteiger partial charge in [0.15, 0.2) is 0 Å². The number of nitrogens with one attached hydrogen (secondary N) is 1. The predicted molar refractivity (Wildman–Crippen MR) is 92.8 cm³/mol. The van der Waals surface area contributed by atoms with Crippen LogP contribution in [0.15, 0.2) is 46.9 Å². The van der Waals surface area contributed by atoms with Gasteiger partial charge in [-0.05, 0) is 61.1 Å². The van der Waals surface area contributed by atoms with E-state index in [9.17, 15) is 0 Å². The Bertz CT molecular complexity index is 633. The van der Waals surface area contributed by atoms with Crippen LogP contribution in [-0.2, 0) is 12.8 Å². The van der Waals surface area contributed by atoms with Gasteiger partial charge in [-0.15, -0.1) is 0 Å². The largest absolute Gasteiger partial charge is 0.378 e. The monoisotopic (exact) mass is 344 g/mol. The zero-order valence-corrected chi connectivity index (χ0v) is 13.9. The van der Waals surface area contributed by atoms with Crippen molar-refractivity contribution >= 4 is 21.6 Å². The van der Waals surface area contributed by atoms with Crippen LogP contribution in [-0.4, -0.2) is 12.1 Å². The molecule has 0 bridgehead atoms. The summed E-state index contributed by atoms with van der Waals surface area (Å²) in [6.45, 7) is 2.76. The van der Waals surface area contributed by atoms with Crippen LogP contribution < -0.4 is 11.1 Å². The average Bonchev–Trinajstić information content (AvgIpc) is 2.46. The van der Waals surface area contributed by atoms with Crippen LogP contribution in [0.1, 0.15) is 23.1 Å². The quantitative estimate of drug-likeness (QED) is 0.881. The Morgan fingerprint density at radius 1 is 1.19 bits per heavy atom. The third-order valence-corrected chi connectivity index (χ3v) is 4.82. The molecule has 2 aromatic rings. The zero-order valence-electron chi connectivity index (χ0n) is 12.3. The molecule has 1 unspecified atom stereocenters. The van der Waals surface area contributed by atoms with Gasteiger partial charge in [0, 0.05) is 16.7 Å². The number of nitrogens with two attached hydrogens (primary N) is 1. The number of halogens is 1. The van der Waals surface area contributed by atoms with Crippen LogP contribution in [0.25, 0.3) is 0 Å². The molecule has 0 aromatic heterocycles. The van der Waals surface area contributed by atoms with Gasteiger partial charge >= 0.3 is 0 Å². The molecule has 0 saturated heterocycles. The van der Waals surface area contributed by atoms with Crippen molar-refractivity contribution in [2.24, 2.45) is 5.73 Å². The summed E-state index contributed by atoms with van der Waals surface area (Å²) >= 11 is 3.57. The van der Waals surface area contributed by atoms with Crippen LogP contribution in [0, 0.1) is 6.92 Å². The smallest absolute Gasteiger partial charge is 0.0539 e. The number of anilines is 1. The first-order valence-electron chi connectivity index (χ1n) is 7.42. The summed E-state index contributed by atoms with van der Waals surface area (Å²) in [6.07, 6.45) is 3.16. The lowest BCUT2D eigenvalue weighted by Crippen LogP contribution is -2.49. The van der Waals surface area contributed by atoms with Crippen molar-refractivity contribution in [3.05, 3.63) is 63.6 Å². The van der Waals surface area contributed by atoms with Gasteiger partial charge < -0.3 is 11.1 Å². The molecule has 2 nitrogen and oxygen atoms in total. The van der Waals surface area contributed by atoms with Gasteiger partial charge in [-0.1, -0.05) is 40.2 Å². The minimum Gasteiger partial charge on any atom is -0.378 e. The molecule has 2 aromatic carbocycles. The number of hydrogen-bond acceptors (Lipinski definition) is 2. The van der Waals surface area contributed by atoms with Crippen molar-refractivity contribution in [2.45, 2.75) is 31.7 Å². The van der Waals surface area contributed by atoms with E-state index in [1.807, 2.05) is 0 Å². The second-order valence-electron chi connectivity index (χ2n) is 6.07. The molecular weight excluding hydrogens is 324 g/mol. The first kappa shape index (κ1) is 14.6. The van der Waals surface area contributed by atoms with Gasteiger partial charge in [-0.3, -0.25) is 0 Å². The van der Waals surface area contributed by atoms with E-state index in [-0.39, 0.29) is 5.54 Å². The molecule has 1 aliphatic carbocycles. The van der Waals surface area contributed by atoms with E-state index < -0.39 is 0 Å². The van der Waals surface area contributed by atoms with Crippen LogP contribution >= 0.6 is 15.9 Å². The van der Waals surface area contributed by atoms with Crippen molar-refractivity contribution < 1.29 is 0 Å². The second kappa shape index (κ2) is 5.82. The minimum atomic E-state index is -0.0401. The van der Waals surface area contributed by atoms with Crippen molar-refractivity contribution in [2.75, 3.05) is 11.9 Å². The van der Waals surface area contributed by atoms with Gasteiger partial charge in [0.25, 0.3) is 0 Å². The Morgan fingerprint density at radius 3 is 2.67 bits per heavy atom. The molecule has 1 atom stereocenters. The predicted octanol–water partition coefficient (Wildman–Crippen LogP) is 4.06. The maximum atomic E-state index is 6.15. The Morgan fingerprint density at radius 2 is 1.95 bits per heavy atom. The standard InChI is InChI=1S/C18H21BrN2/c1-13-8-16(19)10-17(9-13)21-18(12-20)7-6-14-4-2-3-5-15(14)11-18/h2-5,8-10,21H,6-7,11-12,20H2,1H3. The fraction of sp³-hybridized carbons (Fsp3) is 0.333. The maximum absolute atomic E-state index is 6.15. The van der Waals surface area contributed by atoms with Crippen LogP contribution in [0.4, 0.5) is 5.69 Å². The van der Waals surface area contributed by atoms with Gasteiger partial charge in [0.05, 0.1) is 5.54 Å². The van der Waals surface area contributed by atoms with Crippen LogP contribution in [0.5, 0.6) is 0 Å². The zero-order chi connectivity index (χ0) is 14.9. The van der Waals surface area contributed by atoms with Gasteiger partial charge in [-0.25, -0.2) is 0 Å². The molecule has 0 radical (unpaired) electrons. The molecule has 3 heteroatoms. The molecule has 3 rings (SSSR count).